The van der Waals surface area contributed by atoms with Crippen LogP contribution < -0.4 is 5.32 Å². The molecule has 0 aliphatic heterocycles. The van der Waals surface area contributed by atoms with Gasteiger partial charge in [0.2, 0.25) is 0 Å². The largest absolute Gasteiger partial charge is 0.396 e. The number of aliphatic hydroxyl groups is 1. The lowest BCUT2D eigenvalue weighted by molar-refractivity contribution is 0.0951. The quantitative estimate of drug-likeness (QED) is 0.602. The maximum Gasteiger partial charge on any atom is 0.251 e. The Labute approximate surface area is 145 Å². The molecule has 0 spiro atoms. The van der Waals surface area contributed by atoms with Gasteiger partial charge in [-0.1, -0.05) is 6.07 Å². The Bertz CT molecular complexity index is 840. The van der Waals surface area contributed by atoms with E-state index < -0.39 is 0 Å². The fraction of sp³-hybridized carbons (Fsp3) is 0.211. The van der Waals surface area contributed by atoms with Crippen LogP contribution in [-0.2, 0) is 6.54 Å². The number of amides is 1. The minimum atomic E-state index is -0.0842. The molecule has 1 amide bonds. The summed E-state index contributed by atoms with van der Waals surface area (Å²) in [6.45, 7) is 2.68. The SMILES string of the molecule is Cc1cc2cc(CNC(=O)c3ccc(SCCO)cc3)ccc2[nH]1. The third-order valence-corrected chi connectivity index (χ3v) is 4.74. The number of carbonyl (C=O) groups excluding carboxylic acids is 1. The first-order valence-corrected chi connectivity index (χ1v) is 8.84. The number of fused-ring (bicyclic) bond motifs is 1. The van der Waals surface area contributed by atoms with Crippen molar-refractivity contribution in [3.05, 3.63) is 65.4 Å². The fourth-order valence-corrected chi connectivity index (χ4v) is 3.24. The first kappa shape index (κ1) is 16.6. The van der Waals surface area contributed by atoms with Gasteiger partial charge in [-0.05, 0) is 60.3 Å². The van der Waals surface area contributed by atoms with E-state index in [0.29, 0.717) is 17.9 Å². The minimum Gasteiger partial charge on any atom is -0.396 e. The Kier molecular flexibility index (Phi) is 5.23. The topological polar surface area (TPSA) is 65.1 Å². The van der Waals surface area contributed by atoms with Gasteiger partial charge in [0.1, 0.15) is 0 Å². The van der Waals surface area contributed by atoms with E-state index >= 15 is 0 Å². The summed E-state index contributed by atoms with van der Waals surface area (Å²) in [5.41, 5.74) is 3.95. The van der Waals surface area contributed by atoms with Crippen molar-refractivity contribution in [1.82, 2.24) is 10.3 Å². The predicted molar refractivity (Wildman–Crippen MR) is 98.5 cm³/mol. The summed E-state index contributed by atoms with van der Waals surface area (Å²) in [4.78, 5) is 16.6. The van der Waals surface area contributed by atoms with E-state index in [0.717, 1.165) is 27.1 Å². The van der Waals surface area contributed by atoms with Crippen LogP contribution >= 0.6 is 11.8 Å². The minimum absolute atomic E-state index is 0.0842. The Morgan fingerprint density at radius 2 is 1.96 bits per heavy atom. The molecule has 0 saturated heterocycles. The molecule has 1 heterocycles. The highest BCUT2D eigenvalue weighted by atomic mass is 32.2. The van der Waals surface area contributed by atoms with E-state index in [2.05, 4.69) is 22.4 Å². The molecular formula is C19H20N2O2S. The second kappa shape index (κ2) is 7.55. The Morgan fingerprint density at radius 3 is 2.71 bits per heavy atom. The van der Waals surface area contributed by atoms with Gasteiger partial charge in [0.15, 0.2) is 0 Å². The van der Waals surface area contributed by atoms with Crippen LogP contribution in [0.15, 0.2) is 53.4 Å². The highest BCUT2D eigenvalue weighted by molar-refractivity contribution is 7.99. The van der Waals surface area contributed by atoms with Gasteiger partial charge in [-0.15, -0.1) is 11.8 Å². The van der Waals surface area contributed by atoms with Gasteiger partial charge in [-0.25, -0.2) is 0 Å². The summed E-state index contributed by atoms with van der Waals surface area (Å²) in [5, 5.41) is 12.9. The number of carbonyl (C=O) groups is 1. The van der Waals surface area contributed by atoms with Crippen molar-refractivity contribution in [2.45, 2.75) is 18.4 Å². The van der Waals surface area contributed by atoms with Crippen LogP contribution in [0.3, 0.4) is 0 Å². The number of aromatic amines is 1. The second-order valence-corrected chi connectivity index (χ2v) is 6.82. The van der Waals surface area contributed by atoms with E-state index in [-0.39, 0.29) is 12.5 Å². The van der Waals surface area contributed by atoms with E-state index in [1.807, 2.05) is 43.3 Å². The van der Waals surface area contributed by atoms with Crippen molar-refractivity contribution >= 4 is 28.6 Å². The molecule has 0 saturated carbocycles. The van der Waals surface area contributed by atoms with Crippen molar-refractivity contribution < 1.29 is 9.90 Å². The molecule has 3 rings (SSSR count). The molecule has 124 valence electrons. The standard InChI is InChI=1S/C19H20N2O2S/c1-13-10-16-11-14(2-7-18(16)21-13)12-20-19(23)15-3-5-17(6-4-15)24-9-8-22/h2-7,10-11,21-22H,8-9,12H2,1H3,(H,20,23). The van der Waals surface area contributed by atoms with Crippen LogP contribution in [0.25, 0.3) is 10.9 Å². The fourth-order valence-electron chi connectivity index (χ4n) is 2.59. The highest BCUT2D eigenvalue weighted by Gasteiger charge is 2.06. The summed E-state index contributed by atoms with van der Waals surface area (Å²) < 4.78 is 0. The number of thioether (sulfide) groups is 1. The smallest absolute Gasteiger partial charge is 0.251 e. The number of benzene rings is 2. The van der Waals surface area contributed by atoms with Crippen molar-refractivity contribution in [1.29, 1.82) is 0 Å². The predicted octanol–water partition coefficient (Wildman–Crippen LogP) is 3.49. The van der Waals surface area contributed by atoms with Crippen LogP contribution in [0.1, 0.15) is 21.6 Å². The normalized spacial score (nSPS) is 10.9. The van der Waals surface area contributed by atoms with E-state index in [4.69, 9.17) is 5.11 Å². The number of hydrogen-bond donors (Lipinski definition) is 3. The molecule has 2 aromatic carbocycles. The Morgan fingerprint density at radius 1 is 1.17 bits per heavy atom. The van der Waals surface area contributed by atoms with Gasteiger partial charge in [0.05, 0.1) is 6.61 Å². The molecule has 4 nitrogen and oxygen atoms in total. The van der Waals surface area contributed by atoms with Gasteiger partial charge < -0.3 is 15.4 Å². The molecule has 3 N–H and O–H groups in total. The van der Waals surface area contributed by atoms with E-state index in [1.54, 1.807) is 11.8 Å². The maximum absolute atomic E-state index is 12.2. The van der Waals surface area contributed by atoms with Crippen LogP contribution in [0.4, 0.5) is 0 Å². The molecular weight excluding hydrogens is 320 g/mol. The van der Waals surface area contributed by atoms with E-state index in [1.165, 1.54) is 0 Å². The molecule has 24 heavy (non-hydrogen) atoms. The van der Waals surface area contributed by atoms with Gasteiger partial charge in [-0.2, -0.15) is 0 Å². The average Bonchev–Trinajstić information content (AvgIpc) is 2.97. The molecule has 5 heteroatoms. The van der Waals surface area contributed by atoms with Crippen molar-refractivity contribution in [2.75, 3.05) is 12.4 Å². The lowest BCUT2D eigenvalue weighted by Crippen LogP contribution is -2.22. The molecule has 0 fully saturated rings. The summed E-state index contributed by atoms with van der Waals surface area (Å²) in [6, 6.07) is 15.7. The summed E-state index contributed by atoms with van der Waals surface area (Å²) in [7, 11) is 0. The zero-order valence-electron chi connectivity index (χ0n) is 13.5. The van der Waals surface area contributed by atoms with Crippen molar-refractivity contribution in [3.63, 3.8) is 0 Å². The average molecular weight is 340 g/mol. The third-order valence-electron chi connectivity index (χ3n) is 3.75. The van der Waals surface area contributed by atoms with E-state index in [9.17, 15) is 4.79 Å². The van der Waals surface area contributed by atoms with Crippen LogP contribution in [0.5, 0.6) is 0 Å². The molecule has 0 radical (unpaired) electrons. The van der Waals surface area contributed by atoms with Gasteiger partial charge in [-0.3, -0.25) is 4.79 Å². The van der Waals surface area contributed by atoms with Crippen molar-refractivity contribution in [2.24, 2.45) is 0 Å². The third kappa shape index (κ3) is 3.99. The lowest BCUT2D eigenvalue weighted by atomic mass is 10.1. The Hall–Kier alpha value is -2.24. The van der Waals surface area contributed by atoms with Crippen LogP contribution in [0.2, 0.25) is 0 Å². The first-order valence-electron chi connectivity index (χ1n) is 7.86. The molecule has 0 unspecified atom stereocenters. The number of aryl methyl sites for hydroxylation is 1. The lowest BCUT2D eigenvalue weighted by Gasteiger charge is -2.07. The monoisotopic (exact) mass is 340 g/mol. The molecule has 3 aromatic rings. The van der Waals surface area contributed by atoms with Gasteiger partial charge >= 0.3 is 0 Å². The molecule has 0 aliphatic carbocycles. The summed E-state index contributed by atoms with van der Waals surface area (Å²) >= 11 is 1.57. The first-order chi connectivity index (χ1) is 11.7. The number of aliphatic hydroxyl groups excluding tert-OH is 1. The molecule has 0 bridgehead atoms. The number of nitrogens with one attached hydrogen (secondary N) is 2. The number of rotatable bonds is 6. The van der Waals surface area contributed by atoms with Gasteiger partial charge in [0.25, 0.3) is 5.91 Å². The molecule has 0 aliphatic rings. The molecule has 1 aromatic heterocycles. The number of hydrogen-bond acceptors (Lipinski definition) is 3. The summed E-state index contributed by atoms with van der Waals surface area (Å²) in [5.74, 6) is 0.575. The zero-order chi connectivity index (χ0) is 16.9. The molecule has 0 atom stereocenters. The van der Waals surface area contributed by atoms with Crippen LogP contribution in [0, 0.1) is 6.92 Å². The summed E-state index contributed by atoms with van der Waals surface area (Å²) in [6.07, 6.45) is 0. The zero-order valence-corrected chi connectivity index (χ0v) is 14.3. The van der Waals surface area contributed by atoms with Gasteiger partial charge in [0, 0.05) is 34.0 Å². The van der Waals surface area contributed by atoms with Crippen LogP contribution in [-0.4, -0.2) is 28.4 Å². The number of H-pyrrole nitrogens is 1. The number of aromatic nitrogens is 1. The van der Waals surface area contributed by atoms with Crippen molar-refractivity contribution in [3.8, 4) is 0 Å². The highest BCUT2D eigenvalue weighted by Crippen LogP contribution is 2.19. The maximum atomic E-state index is 12.2. The Balaban J connectivity index is 1.61. The second-order valence-electron chi connectivity index (χ2n) is 5.65.